The highest BCUT2D eigenvalue weighted by atomic mass is 35.5. The molecule has 1 heterocycles. The molecule has 9 heteroatoms. The van der Waals surface area contributed by atoms with Gasteiger partial charge >= 0.3 is 0 Å². The molecule has 2 aliphatic carbocycles. The van der Waals surface area contributed by atoms with Crippen LogP contribution in [0.2, 0.25) is 5.02 Å². The van der Waals surface area contributed by atoms with Crippen LogP contribution in [0.3, 0.4) is 0 Å². The summed E-state index contributed by atoms with van der Waals surface area (Å²) in [5.74, 6) is 1.65. The number of aromatic nitrogens is 2. The van der Waals surface area contributed by atoms with Gasteiger partial charge < -0.3 is 20.7 Å². The summed E-state index contributed by atoms with van der Waals surface area (Å²) in [5.41, 5.74) is 1.21. The van der Waals surface area contributed by atoms with E-state index in [1.165, 1.54) is 12.8 Å². The average molecular weight is 460 g/mol. The van der Waals surface area contributed by atoms with Gasteiger partial charge in [-0.15, -0.1) is 0 Å². The number of guanidine groups is 1. The van der Waals surface area contributed by atoms with Gasteiger partial charge in [0.1, 0.15) is 5.69 Å². The molecule has 0 spiro atoms. The second-order valence-electron chi connectivity index (χ2n) is 8.69. The second-order valence-corrected chi connectivity index (χ2v) is 9.10. The average Bonchev–Trinajstić information content (AvgIpc) is 3.59. The van der Waals surface area contributed by atoms with E-state index in [1.54, 1.807) is 13.3 Å². The first-order valence-electron chi connectivity index (χ1n) is 11.3. The molecule has 0 aromatic carbocycles. The van der Waals surface area contributed by atoms with Crippen LogP contribution < -0.4 is 16.0 Å². The first-order valence-corrected chi connectivity index (χ1v) is 11.7. The number of terminal acetylenes is 1. The third-order valence-electron chi connectivity index (χ3n) is 5.77. The van der Waals surface area contributed by atoms with Crippen LogP contribution in [0.5, 0.6) is 0 Å². The predicted octanol–water partition coefficient (Wildman–Crippen LogP) is 3.23. The molecule has 2 saturated carbocycles. The van der Waals surface area contributed by atoms with Crippen molar-refractivity contribution in [1.82, 2.24) is 20.6 Å². The number of halogens is 1. The number of methoxy groups -OCH3 is 1. The second kappa shape index (κ2) is 12.1. The number of nitrogens with zero attached hydrogens (tertiary/aromatic N) is 4. The van der Waals surface area contributed by atoms with Crippen molar-refractivity contribution in [3.05, 3.63) is 16.9 Å². The maximum Gasteiger partial charge on any atom is 0.231 e. The van der Waals surface area contributed by atoms with Crippen molar-refractivity contribution in [2.24, 2.45) is 15.9 Å². The molecule has 1 unspecified atom stereocenters. The molecule has 3 rings (SSSR count). The Morgan fingerprint density at radius 1 is 1.28 bits per heavy atom. The summed E-state index contributed by atoms with van der Waals surface area (Å²) >= 11 is 6.37. The van der Waals surface area contributed by atoms with E-state index in [2.05, 4.69) is 48.9 Å². The smallest absolute Gasteiger partial charge is 0.231 e. The minimum absolute atomic E-state index is 0.329. The zero-order valence-electron chi connectivity index (χ0n) is 19.2. The van der Waals surface area contributed by atoms with Crippen molar-refractivity contribution in [1.29, 1.82) is 0 Å². The van der Waals surface area contributed by atoms with Gasteiger partial charge in [-0.3, -0.25) is 0 Å². The molecule has 0 radical (unpaired) electrons. The summed E-state index contributed by atoms with van der Waals surface area (Å²) < 4.78 is 5.22. The van der Waals surface area contributed by atoms with E-state index in [0.717, 1.165) is 38.8 Å². The molecule has 32 heavy (non-hydrogen) atoms. The molecule has 174 valence electrons. The standard InChI is InChI=1S/C23H34ClN7O/c1-5-25-22(26-12-17-6-7-17)29-16(3)21-20(24)13-27-23(31-21)30-19-10-8-18(9-11-19)28-15(2)14-32-4/h1,13,15,17-19,28H,6-12,14H2,2-4H3,(H,25,26)(H,27,30,31). The van der Waals surface area contributed by atoms with E-state index >= 15 is 0 Å². The van der Waals surface area contributed by atoms with Crippen LogP contribution in [0.25, 0.3) is 0 Å². The van der Waals surface area contributed by atoms with E-state index in [0.29, 0.717) is 52.4 Å². The summed E-state index contributed by atoms with van der Waals surface area (Å²) in [6.07, 6.45) is 13.7. The van der Waals surface area contributed by atoms with Gasteiger partial charge in [-0.2, -0.15) is 4.99 Å². The number of rotatable bonds is 9. The Morgan fingerprint density at radius 2 is 2.00 bits per heavy atom. The van der Waals surface area contributed by atoms with Crippen molar-refractivity contribution >= 4 is 29.2 Å². The molecule has 0 bridgehead atoms. The maximum absolute atomic E-state index is 6.37. The van der Waals surface area contributed by atoms with Crippen molar-refractivity contribution in [3.8, 4) is 12.5 Å². The van der Waals surface area contributed by atoms with E-state index in [-0.39, 0.29) is 0 Å². The molecule has 2 aliphatic rings. The monoisotopic (exact) mass is 459 g/mol. The van der Waals surface area contributed by atoms with Gasteiger partial charge in [0.15, 0.2) is 0 Å². The number of aliphatic imine (C=N–C) groups is 2. The van der Waals surface area contributed by atoms with Crippen molar-refractivity contribution in [3.63, 3.8) is 0 Å². The normalized spacial score (nSPS) is 22.8. The third-order valence-corrected chi connectivity index (χ3v) is 6.05. The maximum atomic E-state index is 6.37. The van der Waals surface area contributed by atoms with Crippen LogP contribution in [0.4, 0.5) is 5.95 Å². The third kappa shape index (κ3) is 7.73. The van der Waals surface area contributed by atoms with Crippen molar-refractivity contribution in [2.75, 3.05) is 25.6 Å². The number of nitrogens with one attached hydrogen (secondary N) is 3. The minimum Gasteiger partial charge on any atom is -0.383 e. The van der Waals surface area contributed by atoms with Crippen LogP contribution in [0.15, 0.2) is 16.2 Å². The Morgan fingerprint density at radius 3 is 2.66 bits per heavy atom. The van der Waals surface area contributed by atoms with Gasteiger partial charge in [0.2, 0.25) is 11.9 Å². The number of ether oxygens (including phenoxy) is 1. The summed E-state index contributed by atoms with van der Waals surface area (Å²) in [7, 11) is 1.74. The predicted molar refractivity (Wildman–Crippen MR) is 130 cm³/mol. The fourth-order valence-electron chi connectivity index (χ4n) is 3.91. The van der Waals surface area contributed by atoms with E-state index in [4.69, 9.17) is 22.8 Å². The fraction of sp³-hybridized carbons (Fsp3) is 0.652. The molecular weight excluding hydrogens is 426 g/mol. The molecule has 0 aliphatic heterocycles. The molecular formula is C23H34ClN7O. The van der Waals surface area contributed by atoms with Gasteiger partial charge in [0, 0.05) is 37.8 Å². The van der Waals surface area contributed by atoms with Crippen LogP contribution in [0, 0.1) is 18.4 Å². The van der Waals surface area contributed by atoms with Gasteiger partial charge in [-0.25, -0.2) is 15.0 Å². The number of hydrogen-bond acceptors (Lipinski definition) is 6. The zero-order valence-corrected chi connectivity index (χ0v) is 20.0. The number of hydrogen-bond donors (Lipinski definition) is 3. The Hall–Kier alpha value is -2.21. The van der Waals surface area contributed by atoms with Gasteiger partial charge in [-0.1, -0.05) is 18.0 Å². The Balaban J connectivity index is 1.59. The van der Waals surface area contributed by atoms with Crippen molar-refractivity contribution < 1.29 is 4.74 Å². The molecule has 1 aromatic rings. The lowest BCUT2D eigenvalue weighted by Gasteiger charge is -2.31. The molecule has 1 atom stereocenters. The van der Waals surface area contributed by atoms with Gasteiger partial charge in [-0.05, 0) is 58.3 Å². The largest absolute Gasteiger partial charge is 0.383 e. The molecule has 1 aromatic heterocycles. The van der Waals surface area contributed by atoms with Gasteiger partial charge in [0.05, 0.1) is 23.5 Å². The minimum atomic E-state index is 0.329. The molecule has 8 nitrogen and oxygen atoms in total. The number of anilines is 1. The lowest BCUT2D eigenvalue weighted by Crippen LogP contribution is -2.43. The van der Waals surface area contributed by atoms with Crippen LogP contribution >= 0.6 is 11.6 Å². The molecule has 0 amide bonds. The topological polar surface area (TPSA) is 95.8 Å². The Labute approximate surface area is 196 Å². The van der Waals surface area contributed by atoms with Crippen LogP contribution in [0.1, 0.15) is 58.1 Å². The zero-order chi connectivity index (χ0) is 22.9. The van der Waals surface area contributed by atoms with E-state index < -0.39 is 0 Å². The van der Waals surface area contributed by atoms with Crippen LogP contribution in [-0.4, -0.2) is 60.0 Å². The highest BCUT2D eigenvalue weighted by Crippen LogP contribution is 2.27. The SMILES string of the molecule is C#CN=C(N=C(C)c1nc(NC2CCC(NC(C)COC)CC2)ncc1Cl)NCC1CC1. The summed E-state index contributed by atoms with van der Waals surface area (Å²) in [4.78, 5) is 17.5. The summed E-state index contributed by atoms with van der Waals surface area (Å²) in [5, 5.41) is 10.8. The lowest BCUT2D eigenvalue weighted by molar-refractivity contribution is 0.161. The Bertz CT molecular complexity index is 854. The highest BCUT2D eigenvalue weighted by molar-refractivity contribution is 6.34. The lowest BCUT2D eigenvalue weighted by atomic mass is 9.91. The van der Waals surface area contributed by atoms with E-state index in [9.17, 15) is 0 Å². The first kappa shape index (κ1) is 24.4. The van der Waals surface area contributed by atoms with E-state index in [1.807, 2.05) is 6.92 Å². The first-order chi connectivity index (χ1) is 15.5. The van der Waals surface area contributed by atoms with Gasteiger partial charge in [0.25, 0.3) is 0 Å². The summed E-state index contributed by atoms with van der Waals surface area (Å²) in [6.45, 7) is 5.55. The molecule has 2 fully saturated rings. The molecule has 3 N–H and O–H groups in total. The Kier molecular flexibility index (Phi) is 9.27. The summed E-state index contributed by atoms with van der Waals surface area (Å²) in [6, 6.07) is 3.51. The quantitative estimate of drug-likeness (QED) is 0.298. The van der Waals surface area contributed by atoms with Crippen LogP contribution in [-0.2, 0) is 4.74 Å². The fourth-order valence-corrected chi connectivity index (χ4v) is 4.14. The van der Waals surface area contributed by atoms with Crippen molar-refractivity contribution in [2.45, 2.75) is 70.5 Å². The molecule has 0 saturated heterocycles. The highest BCUT2D eigenvalue weighted by Gasteiger charge is 2.23.